The smallest absolute Gasteiger partial charge is 0.240 e. The van der Waals surface area contributed by atoms with Gasteiger partial charge in [-0.1, -0.05) is 0 Å². The first-order chi connectivity index (χ1) is 9.37. The topological polar surface area (TPSA) is 95.2 Å². The fourth-order valence-corrected chi connectivity index (χ4v) is 3.31. The predicted octanol–water partition coefficient (Wildman–Crippen LogP) is 0.0534. The Balaban J connectivity index is 2.00. The summed E-state index contributed by atoms with van der Waals surface area (Å²) in [5.74, 6) is 0.0558. The zero-order valence-corrected chi connectivity index (χ0v) is 12.5. The van der Waals surface area contributed by atoms with E-state index in [4.69, 9.17) is 0 Å². The number of aromatic nitrogens is 2. The van der Waals surface area contributed by atoms with E-state index < -0.39 is 16.1 Å². The molecule has 7 nitrogen and oxygen atoms in total. The summed E-state index contributed by atoms with van der Waals surface area (Å²) in [7, 11) is -3.38. The van der Waals surface area contributed by atoms with Crippen molar-refractivity contribution in [2.24, 2.45) is 0 Å². The number of carbonyl (C=O) groups is 1. The quantitative estimate of drug-likeness (QED) is 0.821. The summed E-state index contributed by atoms with van der Waals surface area (Å²) in [5.41, 5.74) is 1.02. The van der Waals surface area contributed by atoms with Gasteiger partial charge in [0.15, 0.2) is 0 Å². The van der Waals surface area contributed by atoms with Crippen molar-refractivity contribution in [2.75, 3.05) is 19.3 Å². The molecule has 1 aliphatic rings. The number of carbonyl (C=O) groups excluding carboxylic acids is 1. The second-order valence-electron chi connectivity index (χ2n) is 5.25. The van der Waals surface area contributed by atoms with Crippen molar-refractivity contribution in [3.8, 4) is 0 Å². The summed E-state index contributed by atoms with van der Waals surface area (Å²) < 4.78 is 24.7. The Kier molecular flexibility index (Phi) is 4.44. The van der Waals surface area contributed by atoms with Crippen molar-refractivity contribution in [1.29, 1.82) is 0 Å². The highest BCUT2D eigenvalue weighted by atomic mass is 32.2. The normalized spacial score (nSPS) is 21.7. The Morgan fingerprint density at radius 2 is 2.35 bits per heavy atom. The van der Waals surface area contributed by atoms with E-state index in [0.717, 1.165) is 24.8 Å². The van der Waals surface area contributed by atoms with Gasteiger partial charge in [0.2, 0.25) is 15.9 Å². The first-order valence-electron chi connectivity index (χ1n) is 6.62. The minimum Gasteiger partial charge on any atom is -0.341 e. The fourth-order valence-electron chi connectivity index (χ4n) is 2.57. The molecule has 0 aromatic carbocycles. The maximum atomic E-state index is 12.3. The van der Waals surface area contributed by atoms with E-state index in [0.29, 0.717) is 13.1 Å². The van der Waals surface area contributed by atoms with Gasteiger partial charge in [-0.25, -0.2) is 13.1 Å². The van der Waals surface area contributed by atoms with E-state index >= 15 is 0 Å². The van der Waals surface area contributed by atoms with E-state index in [1.54, 1.807) is 18.0 Å². The fraction of sp³-hybridized carbons (Fsp3) is 0.667. The highest BCUT2D eigenvalue weighted by molar-refractivity contribution is 7.88. The number of hydrogen-bond donors (Lipinski definition) is 2. The van der Waals surface area contributed by atoms with E-state index in [9.17, 15) is 13.2 Å². The Morgan fingerprint density at radius 3 is 2.95 bits per heavy atom. The highest BCUT2D eigenvalue weighted by Crippen LogP contribution is 2.25. The average molecular weight is 300 g/mol. The van der Waals surface area contributed by atoms with Crippen molar-refractivity contribution in [2.45, 2.75) is 31.7 Å². The summed E-state index contributed by atoms with van der Waals surface area (Å²) >= 11 is 0. The van der Waals surface area contributed by atoms with Gasteiger partial charge in [0.05, 0.1) is 12.3 Å². The van der Waals surface area contributed by atoms with Gasteiger partial charge >= 0.3 is 0 Å². The molecule has 0 saturated carbocycles. The van der Waals surface area contributed by atoms with E-state index in [-0.39, 0.29) is 11.8 Å². The van der Waals surface area contributed by atoms with Crippen LogP contribution in [0.1, 0.15) is 31.4 Å². The van der Waals surface area contributed by atoms with Crippen molar-refractivity contribution in [1.82, 2.24) is 19.8 Å². The molecule has 20 heavy (non-hydrogen) atoms. The number of nitrogens with one attached hydrogen (secondary N) is 2. The van der Waals surface area contributed by atoms with Crippen LogP contribution in [0.4, 0.5) is 0 Å². The average Bonchev–Trinajstić information content (AvgIpc) is 2.90. The van der Waals surface area contributed by atoms with Crippen LogP contribution < -0.4 is 4.72 Å². The number of nitrogens with zero attached hydrogens (tertiary/aromatic N) is 2. The van der Waals surface area contributed by atoms with Crippen molar-refractivity contribution in [3.63, 3.8) is 0 Å². The lowest BCUT2D eigenvalue weighted by molar-refractivity contribution is -0.133. The second kappa shape index (κ2) is 5.92. The summed E-state index contributed by atoms with van der Waals surface area (Å²) in [6.07, 6.45) is 4.66. The van der Waals surface area contributed by atoms with Crippen LogP contribution in [0.15, 0.2) is 12.3 Å². The third-order valence-corrected chi connectivity index (χ3v) is 4.24. The molecule has 0 bridgehead atoms. The molecular formula is C12H20N4O3S. The first-order valence-corrected chi connectivity index (χ1v) is 8.51. The predicted molar refractivity (Wildman–Crippen MR) is 74.6 cm³/mol. The molecule has 1 aromatic rings. The summed E-state index contributed by atoms with van der Waals surface area (Å²) in [5, 5.41) is 6.87. The molecule has 2 rings (SSSR count). The van der Waals surface area contributed by atoms with Gasteiger partial charge in [-0.05, 0) is 25.8 Å². The van der Waals surface area contributed by atoms with Crippen molar-refractivity contribution < 1.29 is 13.2 Å². The molecule has 1 amide bonds. The number of rotatable bonds is 4. The zero-order valence-electron chi connectivity index (χ0n) is 11.7. The van der Waals surface area contributed by atoms with Crippen LogP contribution in [0.3, 0.4) is 0 Å². The van der Waals surface area contributed by atoms with Gasteiger partial charge in [-0.3, -0.25) is 9.89 Å². The Hall–Kier alpha value is -1.41. The van der Waals surface area contributed by atoms with Gasteiger partial charge in [0.25, 0.3) is 0 Å². The number of amides is 1. The number of aromatic amines is 1. The Morgan fingerprint density at radius 1 is 1.60 bits per heavy atom. The van der Waals surface area contributed by atoms with Crippen molar-refractivity contribution >= 4 is 15.9 Å². The van der Waals surface area contributed by atoms with Crippen LogP contribution in [-0.4, -0.2) is 54.8 Å². The second-order valence-corrected chi connectivity index (χ2v) is 7.03. The molecule has 0 radical (unpaired) electrons. The molecule has 2 atom stereocenters. The molecule has 0 aliphatic carbocycles. The van der Waals surface area contributed by atoms with Crippen LogP contribution in [-0.2, 0) is 14.8 Å². The van der Waals surface area contributed by atoms with Gasteiger partial charge < -0.3 is 4.90 Å². The van der Waals surface area contributed by atoms with E-state index in [1.165, 1.54) is 0 Å². The summed E-state index contributed by atoms with van der Waals surface area (Å²) in [6, 6.07) is 1.18. The van der Waals surface area contributed by atoms with Crippen molar-refractivity contribution in [3.05, 3.63) is 18.0 Å². The van der Waals surface area contributed by atoms with Crippen LogP contribution >= 0.6 is 0 Å². The van der Waals surface area contributed by atoms with Crippen LogP contribution in [0.2, 0.25) is 0 Å². The lowest BCUT2D eigenvalue weighted by atomic mass is 9.94. The molecule has 2 heterocycles. The number of sulfonamides is 1. The number of H-pyrrole nitrogens is 1. The third-order valence-electron chi connectivity index (χ3n) is 3.46. The Labute approximate surface area is 118 Å². The number of hydrogen-bond acceptors (Lipinski definition) is 4. The maximum absolute atomic E-state index is 12.3. The highest BCUT2D eigenvalue weighted by Gasteiger charge is 2.29. The monoisotopic (exact) mass is 300 g/mol. The largest absolute Gasteiger partial charge is 0.341 e. The lowest BCUT2D eigenvalue weighted by Gasteiger charge is -2.33. The van der Waals surface area contributed by atoms with Gasteiger partial charge in [0.1, 0.15) is 0 Å². The van der Waals surface area contributed by atoms with E-state index in [1.807, 2.05) is 6.07 Å². The van der Waals surface area contributed by atoms with E-state index in [2.05, 4.69) is 14.9 Å². The number of likely N-dealkylation sites (tertiary alicyclic amines) is 1. The number of piperidine rings is 1. The van der Waals surface area contributed by atoms with Crippen LogP contribution in [0, 0.1) is 0 Å². The SMILES string of the molecule is C[C@@H](NS(C)(=O)=O)C(=O)N1CCC[C@@H](c2ccn[nH]2)C1. The Bertz CT molecular complexity index is 555. The summed E-state index contributed by atoms with van der Waals surface area (Å²) in [6.45, 7) is 2.83. The molecular weight excluding hydrogens is 280 g/mol. The molecule has 1 fully saturated rings. The van der Waals surface area contributed by atoms with Gasteiger partial charge in [0, 0.05) is 30.9 Å². The molecule has 1 aliphatic heterocycles. The van der Waals surface area contributed by atoms with Crippen LogP contribution in [0.5, 0.6) is 0 Å². The lowest BCUT2D eigenvalue weighted by Crippen LogP contribution is -2.49. The van der Waals surface area contributed by atoms with Gasteiger partial charge in [-0.2, -0.15) is 5.10 Å². The standard InChI is InChI=1S/C12H20N4O3S/c1-9(15-20(2,18)19)12(17)16-7-3-4-10(8-16)11-5-6-13-14-11/h5-6,9-10,15H,3-4,7-8H2,1-2H3,(H,13,14)/t9-,10-/m1/s1. The summed E-state index contributed by atoms with van der Waals surface area (Å²) in [4.78, 5) is 14.0. The molecule has 8 heteroatoms. The molecule has 2 N–H and O–H groups in total. The molecule has 0 spiro atoms. The zero-order chi connectivity index (χ0) is 14.8. The maximum Gasteiger partial charge on any atom is 0.240 e. The van der Waals surface area contributed by atoms with Gasteiger partial charge in [-0.15, -0.1) is 0 Å². The minimum absolute atomic E-state index is 0.181. The molecule has 0 unspecified atom stereocenters. The third kappa shape index (κ3) is 3.80. The molecule has 1 saturated heterocycles. The molecule has 112 valence electrons. The minimum atomic E-state index is -3.38. The van der Waals surface area contributed by atoms with Crippen LogP contribution in [0.25, 0.3) is 0 Å². The first kappa shape index (κ1) is 15.0. The molecule has 1 aromatic heterocycles.